The van der Waals surface area contributed by atoms with Crippen molar-refractivity contribution in [2.24, 2.45) is 10.9 Å². The molecule has 1 heterocycles. The number of hydrogen-bond donors (Lipinski definition) is 2. The first-order valence-corrected chi connectivity index (χ1v) is 8.55. The first kappa shape index (κ1) is 20.3. The normalized spacial score (nSPS) is 21.9. The third-order valence-electron chi connectivity index (χ3n) is 4.52. The molecular weight excluding hydrogens is 403 g/mol. The molecule has 1 aliphatic carbocycles. The molecule has 2 atom stereocenters. The largest absolute Gasteiger partial charge is 0.359 e. The molecule has 0 bridgehead atoms. The lowest BCUT2D eigenvalue weighted by molar-refractivity contribution is 0.298. The van der Waals surface area contributed by atoms with Gasteiger partial charge >= 0.3 is 0 Å². The van der Waals surface area contributed by atoms with Crippen molar-refractivity contribution in [1.82, 2.24) is 15.8 Å². The highest BCUT2D eigenvalue weighted by Crippen LogP contribution is 2.26. The summed E-state index contributed by atoms with van der Waals surface area (Å²) >= 11 is 0. The second-order valence-corrected chi connectivity index (χ2v) is 6.58. The van der Waals surface area contributed by atoms with Crippen LogP contribution in [0.25, 0.3) is 0 Å². The van der Waals surface area contributed by atoms with Crippen LogP contribution < -0.4 is 10.6 Å². The van der Waals surface area contributed by atoms with Crippen LogP contribution in [0, 0.1) is 5.92 Å². The van der Waals surface area contributed by atoms with Crippen LogP contribution in [0.1, 0.15) is 70.2 Å². The zero-order chi connectivity index (χ0) is 15.9. The third-order valence-corrected chi connectivity index (χ3v) is 4.52. The molecule has 132 valence electrons. The molecule has 0 spiro atoms. The quantitative estimate of drug-likeness (QED) is 0.417. The lowest BCUT2D eigenvalue weighted by Gasteiger charge is -2.30. The average Bonchev–Trinajstić information content (AvgIpc) is 3.01. The van der Waals surface area contributed by atoms with E-state index in [1.807, 2.05) is 13.1 Å². The zero-order valence-electron chi connectivity index (χ0n) is 14.8. The maximum atomic E-state index is 5.35. The Morgan fingerprint density at radius 1 is 1.43 bits per heavy atom. The Kier molecular flexibility index (Phi) is 8.94. The van der Waals surface area contributed by atoms with E-state index in [1.54, 1.807) is 0 Å². The van der Waals surface area contributed by atoms with Crippen LogP contribution in [0.3, 0.4) is 0 Å². The van der Waals surface area contributed by atoms with Crippen LogP contribution in [0.15, 0.2) is 15.6 Å². The van der Waals surface area contributed by atoms with Crippen molar-refractivity contribution in [2.45, 2.75) is 71.4 Å². The molecule has 5 nitrogen and oxygen atoms in total. The molecule has 0 radical (unpaired) electrons. The molecule has 0 aromatic carbocycles. The highest BCUT2D eigenvalue weighted by atomic mass is 127. The Morgan fingerprint density at radius 3 is 2.83 bits per heavy atom. The summed E-state index contributed by atoms with van der Waals surface area (Å²) in [5.41, 5.74) is 0.998. The SMILES string of the molecule is CCC1CCCC(NC(=NC)NCc2cc(C(C)C)no2)C1.I. The van der Waals surface area contributed by atoms with Crippen molar-refractivity contribution in [1.29, 1.82) is 0 Å². The van der Waals surface area contributed by atoms with Gasteiger partial charge in [-0.1, -0.05) is 45.2 Å². The molecule has 0 amide bonds. The number of halogens is 1. The van der Waals surface area contributed by atoms with Crippen LogP contribution in [0.4, 0.5) is 0 Å². The highest BCUT2D eigenvalue weighted by molar-refractivity contribution is 14.0. The number of hydrogen-bond acceptors (Lipinski definition) is 3. The van der Waals surface area contributed by atoms with Crippen molar-refractivity contribution in [3.63, 3.8) is 0 Å². The predicted molar refractivity (Wildman–Crippen MR) is 105 cm³/mol. The van der Waals surface area contributed by atoms with Gasteiger partial charge in [-0.3, -0.25) is 4.99 Å². The number of guanidine groups is 1. The predicted octanol–water partition coefficient (Wildman–Crippen LogP) is 4.05. The fourth-order valence-electron chi connectivity index (χ4n) is 3.04. The van der Waals surface area contributed by atoms with Crippen LogP contribution in [0.5, 0.6) is 0 Å². The lowest BCUT2D eigenvalue weighted by atomic mass is 9.84. The molecule has 1 aliphatic rings. The maximum Gasteiger partial charge on any atom is 0.191 e. The van der Waals surface area contributed by atoms with Gasteiger partial charge in [0.25, 0.3) is 0 Å². The lowest BCUT2D eigenvalue weighted by Crippen LogP contribution is -2.44. The summed E-state index contributed by atoms with van der Waals surface area (Å²) in [4.78, 5) is 4.32. The summed E-state index contributed by atoms with van der Waals surface area (Å²) < 4.78 is 5.35. The summed E-state index contributed by atoms with van der Waals surface area (Å²) in [5.74, 6) is 2.95. The fourth-order valence-corrected chi connectivity index (χ4v) is 3.04. The topological polar surface area (TPSA) is 62.5 Å². The standard InChI is InChI=1S/C17H30N4O.HI/c1-5-13-7-6-8-14(9-13)20-17(18-4)19-11-15-10-16(12(2)3)21-22-15;/h10,12-14H,5-9,11H2,1-4H3,(H2,18,19,20);1H. The van der Waals surface area contributed by atoms with E-state index < -0.39 is 0 Å². The molecule has 0 aliphatic heterocycles. The number of rotatable bonds is 5. The number of nitrogens with one attached hydrogen (secondary N) is 2. The van der Waals surface area contributed by atoms with Gasteiger partial charge in [0.1, 0.15) is 0 Å². The van der Waals surface area contributed by atoms with Gasteiger partial charge in [-0.2, -0.15) is 0 Å². The van der Waals surface area contributed by atoms with Crippen LogP contribution in [-0.4, -0.2) is 24.2 Å². The van der Waals surface area contributed by atoms with Gasteiger partial charge in [-0.05, 0) is 24.7 Å². The summed E-state index contributed by atoms with van der Waals surface area (Å²) in [6, 6.07) is 2.55. The van der Waals surface area contributed by atoms with Gasteiger partial charge in [0.2, 0.25) is 0 Å². The molecule has 0 saturated heterocycles. The van der Waals surface area contributed by atoms with Crippen molar-refractivity contribution in [3.8, 4) is 0 Å². The molecule has 2 unspecified atom stereocenters. The Hall–Kier alpha value is -0.790. The minimum absolute atomic E-state index is 0. The molecule has 1 aromatic rings. The average molecular weight is 434 g/mol. The number of nitrogens with zero attached hydrogens (tertiary/aromatic N) is 2. The summed E-state index contributed by atoms with van der Waals surface area (Å²) in [6.07, 6.45) is 6.44. The van der Waals surface area contributed by atoms with Gasteiger partial charge in [0.15, 0.2) is 11.7 Å². The smallest absolute Gasteiger partial charge is 0.191 e. The number of aliphatic imine (C=N–C) groups is 1. The van der Waals surface area contributed by atoms with E-state index in [4.69, 9.17) is 4.52 Å². The van der Waals surface area contributed by atoms with Crippen molar-refractivity contribution in [2.75, 3.05) is 7.05 Å². The minimum Gasteiger partial charge on any atom is -0.359 e. The molecule has 1 saturated carbocycles. The third kappa shape index (κ3) is 6.31. The Bertz CT molecular complexity index is 487. The first-order valence-electron chi connectivity index (χ1n) is 8.55. The minimum atomic E-state index is 0. The van der Waals surface area contributed by atoms with Crippen LogP contribution >= 0.6 is 24.0 Å². The summed E-state index contributed by atoms with van der Waals surface area (Å²) in [7, 11) is 1.81. The highest BCUT2D eigenvalue weighted by Gasteiger charge is 2.21. The number of aromatic nitrogens is 1. The molecule has 2 N–H and O–H groups in total. The van der Waals surface area contributed by atoms with E-state index in [9.17, 15) is 0 Å². The van der Waals surface area contributed by atoms with Crippen molar-refractivity contribution >= 4 is 29.9 Å². The van der Waals surface area contributed by atoms with Crippen molar-refractivity contribution in [3.05, 3.63) is 17.5 Å². The molecular formula is C17H31IN4O. The van der Waals surface area contributed by atoms with Crippen LogP contribution in [0.2, 0.25) is 0 Å². The van der Waals surface area contributed by atoms with E-state index >= 15 is 0 Å². The van der Waals surface area contributed by atoms with Crippen molar-refractivity contribution < 1.29 is 4.52 Å². The van der Waals surface area contributed by atoms with Gasteiger partial charge in [-0.25, -0.2) is 0 Å². The maximum absolute atomic E-state index is 5.35. The van der Waals surface area contributed by atoms with Crippen LogP contribution in [-0.2, 0) is 6.54 Å². The molecule has 23 heavy (non-hydrogen) atoms. The Morgan fingerprint density at radius 2 is 2.22 bits per heavy atom. The Labute approximate surface area is 157 Å². The fraction of sp³-hybridized carbons (Fsp3) is 0.765. The van der Waals surface area contributed by atoms with E-state index in [-0.39, 0.29) is 24.0 Å². The van der Waals surface area contributed by atoms with E-state index in [0.29, 0.717) is 18.5 Å². The van der Waals surface area contributed by atoms with Gasteiger partial charge in [0.05, 0.1) is 12.2 Å². The summed E-state index contributed by atoms with van der Waals surface area (Å²) in [5, 5.41) is 11.0. The van der Waals surface area contributed by atoms with E-state index in [0.717, 1.165) is 23.3 Å². The van der Waals surface area contributed by atoms with Gasteiger partial charge in [-0.15, -0.1) is 24.0 Å². The van der Waals surface area contributed by atoms with E-state index in [1.165, 1.54) is 32.1 Å². The molecule has 6 heteroatoms. The Balaban J connectivity index is 0.00000264. The second-order valence-electron chi connectivity index (χ2n) is 6.58. The monoisotopic (exact) mass is 434 g/mol. The van der Waals surface area contributed by atoms with Gasteiger partial charge in [0, 0.05) is 19.2 Å². The zero-order valence-corrected chi connectivity index (χ0v) is 17.1. The molecule has 2 rings (SSSR count). The summed E-state index contributed by atoms with van der Waals surface area (Å²) in [6.45, 7) is 7.13. The molecule has 1 aromatic heterocycles. The van der Waals surface area contributed by atoms with E-state index in [2.05, 4.69) is 41.6 Å². The van der Waals surface area contributed by atoms with Gasteiger partial charge < -0.3 is 15.2 Å². The first-order chi connectivity index (χ1) is 10.6. The second kappa shape index (κ2) is 10.2. The molecule has 1 fully saturated rings.